The van der Waals surface area contributed by atoms with Gasteiger partial charge >= 0.3 is 59.8 Å². The van der Waals surface area contributed by atoms with Gasteiger partial charge in [-0.15, -0.1) is 5.10 Å². The van der Waals surface area contributed by atoms with Crippen molar-refractivity contribution in [3.63, 3.8) is 0 Å². The Labute approximate surface area is 679 Å². The first kappa shape index (κ1) is 95.8. The van der Waals surface area contributed by atoms with Crippen molar-refractivity contribution in [2.24, 2.45) is 0 Å². The van der Waals surface area contributed by atoms with Crippen molar-refractivity contribution >= 4 is 118 Å². The molecule has 638 valence electrons. The van der Waals surface area contributed by atoms with Crippen molar-refractivity contribution in [2.75, 3.05) is 142 Å². The molecule has 3 aromatic carbocycles. The van der Waals surface area contributed by atoms with Crippen LogP contribution in [0.4, 0.5) is 21.0 Å². The number of aliphatic carboxylic acids is 8. The highest BCUT2D eigenvalue weighted by atomic mass is 35.5. The van der Waals surface area contributed by atoms with E-state index in [1.165, 1.54) is 0 Å². The number of carbonyl (C=O) groups excluding carboxylic acids is 5. The molecule has 17 N–H and O–H groups in total. The zero-order chi connectivity index (χ0) is 84.7. The van der Waals surface area contributed by atoms with Gasteiger partial charge < -0.3 is 103 Å². The monoisotopic (exact) mass is 1670 g/mol. The number of nitrogens with one attached hydrogen (secondary N) is 9. The van der Waals surface area contributed by atoms with Gasteiger partial charge in [-0.1, -0.05) is 53.2 Å². The Hall–Kier alpha value is -10.8. The summed E-state index contributed by atoms with van der Waals surface area (Å²) in [4.78, 5) is 166. The number of hydrogen-bond donors (Lipinski definition) is 17. The van der Waals surface area contributed by atoms with E-state index in [9.17, 15) is 98.1 Å². The molecule has 40 nitrogen and oxygen atoms in total. The molecule has 5 unspecified atom stereocenters. The lowest BCUT2D eigenvalue weighted by Gasteiger charge is -2.37. The minimum Gasteiger partial charge on any atom is -0.481 e. The van der Waals surface area contributed by atoms with E-state index in [0.29, 0.717) is 72.8 Å². The van der Waals surface area contributed by atoms with Gasteiger partial charge in [0.15, 0.2) is 5.11 Å². The molecule has 5 atom stereocenters. The van der Waals surface area contributed by atoms with Gasteiger partial charge in [-0.05, 0) is 130 Å². The van der Waals surface area contributed by atoms with Crippen molar-refractivity contribution in [1.29, 1.82) is 0 Å². The highest BCUT2D eigenvalue weighted by Gasteiger charge is 2.31. The lowest BCUT2D eigenvalue weighted by molar-refractivity contribution is -0.142. The van der Waals surface area contributed by atoms with Crippen molar-refractivity contribution in [2.45, 2.75) is 127 Å². The molecule has 0 aliphatic carbocycles. The molecular formula is C74H105ClN16O24S. The number of benzene rings is 3. The maximum atomic E-state index is 13.9. The normalized spacial score (nSPS) is 14.8. The Morgan fingerprint density at radius 1 is 0.483 bits per heavy atom. The van der Waals surface area contributed by atoms with E-state index >= 15 is 0 Å². The highest BCUT2D eigenvalue weighted by molar-refractivity contribution is 7.80. The first-order chi connectivity index (χ1) is 55.5. The van der Waals surface area contributed by atoms with Gasteiger partial charge in [0, 0.05) is 106 Å². The van der Waals surface area contributed by atoms with Crippen molar-refractivity contribution in [3.8, 4) is 11.3 Å². The number of carboxylic acids is 8. The first-order valence-corrected chi connectivity index (χ1v) is 38.5. The van der Waals surface area contributed by atoms with Gasteiger partial charge in [-0.2, -0.15) is 0 Å². The fourth-order valence-electron chi connectivity index (χ4n) is 12.0. The fourth-order valence-corrected chi connectivity index (χ4v) is 12.3. The molecular weight excluding hydrogens is 1560 g/mol. The van der Waals surface area contributed by atoms with Gasteiger partial charge in [0.05, 0.1) is 85.0 Å². The lowest BCUT2D eigenvalue weighted by atomic mass is 10.0. The summed E-state index contributed by atoms with van der Waals surface area (Å²) in [5.74, 6) is -11.4. The molecule has 5 rings (SSSR count). The van der Waals surface area contributed by atoms with Gasteiger partial charge in [-0.25, -0.2) is 28.7 Å². The molecule has 1 aliphatic rings. The minimum absolute atomic E-state index is 0.0315. The molecule has 1 aliphatic heterocycles. The van der Waals surface area contributed by atoms with Crippen LogP contribution in [0.2, 0.25) is 5.02 Å². The average Bonchev–Trinajstić information content (AvgIpc) is 1.66. The third kappa shape index (κ3) is 41.0. The number of nitrogens with zero attached hydrogens (tertiary/aromatic N) is 7. The number of halogens is 1. The number of carboxylic acid groups (broad SMARTS) is 8. The largest absolute Gasteiger partial charge is 0.481 e. The number of ether oxygens (including phenoxy) is 3. The smallest absolute Gasteiger partial charge is 0.326 e. The van der Waals surface area contributed by atoms with Crippen LogP contribution in [0, 0.1) is 0 Å². The van der Waals surface area contributed by atoms with E-state index in [1.807, 2.05) is 0 Å². The molecule has 0 radical (unpaired) electrons. The number of rotatable bonds is 53. The maximum Gasteiger partial charge on any atom is 0.326 e. The van der Waals surface area contributed by atoms with E-state index in [0.717, 1.165) is 11.1 Å². The Balaban J connectivity index is 1.04. The zero-order valence-corrected chi connectivity index (χ0v) is 65.7. The Kier molecular flexibility index (Phi) is 44.1. The van der Waals surface area contributed by atoms with Crippen LogP contribution in [-0.4, -0.2) is 320 Å². The van der Waals surface area contributed by atoms with Gasteiger partial charge in [0.2, 0.25) is 17.7 Å². The van der Waals surface area contributed by atoms with Crippen LogP contribution in [0.25, 0.3) is 11.3 Å². The van der Waals surface area contributed by atoms with E-state index < -0.39 is 128 Å². The van der Waals surface area contributed by atoms with Crippen LogP contribution in [0.15, 0.2) is 79.0 Å². The predicted octanol–water partition coefficient (Wildman–Crippen LogP) is 1.61. The second-order valence-corrected chi connectivity index (χ2v) is 28.0. The van der Waals surface area contributed by atoms with Crippen LogP contribution in [0.1, 0.15) is 88.2 Å². The van der Waals surface area contributed by atoms with Crippen molar-refractivity contribution in [1.82, 2.24) is 71.8 Å². The summed E-state index contributed by atoms with van der Waals surface area (Å²) in [6, 6.07) is 13.2. The van der Waals surface area contributed by atoms with E-state index in [2.05, 4.69) is 58.2 Å². The van der Waals surface area contributed by atoms with Crippen LogP contribution in [0.5, 0.6) is 0 Å². The number of hydrogen-bond acceptors (Lipinski definition) is 23. The number of anilines is 2. The summed E-state index contributed by atoms with van der Waals surface area (Å²) in [5.41, 5.74) is 3.70. The number of carbonyl (C=O) groups is 13. The molecule has 0 saturated carbocycles. The molecule has 1 fully saturated rings. The quantitative estimate of drug-likeness (QED) is 0.0220. The van der Waals surface area contributed by atoms with E-state index in [1.54, 1.807) is 103 Å². The number of aromatic nitrogens is 3. The SMILES string of the molecule is O=C(O)CCC(NC(=O)NC(CCCCNC(=O)Nc1cccc(-c2cn(CCOCCOCCOCCC(=O)NC(CCCCNC(=S)Nc3ccc(CC4CN(CC(=O)O)CCN(CC(=O)O)CCN(CC(=O)O)CCN4CC(=O)O)cc3)C(=O)NC(CCCCNC(=O)Cc3ccc(Cl)cc3)C(=O)O)nn2)c1)C(=O)O)C(=O)O. The third-order valence-electron chi connectivity index (χ3n) is 17.9. The maximum absolute atomic E-state index is 13.9. The Morgan fingerprint density at radius 2 is 1.00 bits per heavy atom. The van der Waals surface area contributed by atoms with Crippen LogP contribution < -0.4 is 47.9 Å². The molecule has 116 heavy (non-hydrogen) atoms. The number of urea groups is 2. The van der Waals surface area contributed by atoms with Crippen LogP contribution in [0.3, 0.4) is 0 Å². The van der Waals surface area contributed by atoms with Crippen molar-refractivity contribution in [3.05, 3.63) is 95.1 Å². The number of unbranched alkanes of at least 4 members (excludes halogenated alkanes) is 3. The third-order valence-corrected chi connectivity index (χ3v) is 18.4. The van der Waals surface area contributed by atoms with Gasteiger partial charge in [-0.3, -0.25) is 58.0 Å². The Bertz CT molecular complexity index is 3850. The predicted molar refractivity (Wildman–Crippen MR) is 422 cm³/mol. The molecule has 4 aromatic rings. The number of thiocarbonyl (C=S) groups is 1. The first-order valence-electron chi connectivity index (χ1n) is 37.8. The molecule has 1 saturated heterocycles. The number of amides is 7. The summed E-state index contributed by atoms with van der Waals surface area (Å²) in [5, 5.41) is 110. The summed E-state index contributed by atoms with van der Waals surface area (Å²) in [7, 11) is 0. The summed E-state index contributed by atoms with van der Waals surface area (Å²) < 4.78 is 18.6. The Morgan fingerprint density at radius 3 is 1.59 bits per heavy atom. The van der Waals surface area contributed by atoms with Crippen LogP contribution in [-0.2, 0) is 86.3 Å². The highest BCUT2D eigenvalue weighted by Crippen LogP contribution is 2.22. The minimum atomic E-state index is -1.54. The average molecular weight is 1670 g/mol. The fraction of sp³-hybridized carbons (Fsp3) is 0.541. The molecule has 0 bridgehead atoms. The molecule has 2 heterocycles. The second-order valence-electron chi connectivity index (χ2n) is 27.2. The molecule has 7 amide bonds. The lowest BCUT2D eigenvalue weighted by Crippen LogP contribution is -2.53. The molecule has 0 spiro atoms. The second kappa shape index (κ2) is 53.4. The zero-order valence-electron chi connectivity index (χ0n) is 64.2. The summed E-state index contributed by atoms with van der Waals surface area (Å²) in [6.07, 6.45) is 3.21. The van der Waals surface area contributed by atoms with Crippen molar-refractivity contribution < 1.29 is 117 Å². The van der Waals surface area contributed by atoms with Gasteiger partial charge in [0.25, 0.3) is 0 Å². The standard InChI is InChI=1S/C74H105ClN16O24S/c75-52-17-13-50(14-18-52)41-62(93)76-24-4-2-11-57(69(105)106)82-68(104)56(10-1-6-26-78-74(116)80-53-19-15-49(16-20-53)40-55-43-89(47-66(100)101)30-29-87(45-64(96)97)27-28-88(46-65(98)99)31-32-90(55)48-67(102)103)81-61(92)23-34-113-36-38-115-39-37-114-35-33-91-44-60(85-86-91)51-8-7-9-54(42-51)79-72(111)77-25-5-3-12-58(70(107)108)83-73(112)84-59(71(109)110)21-22-63(94)95/h7-9,13-20,42,44,55-59H,1-6,10-12,21-41,43,45-48H2,(H,76,93)(H,81,92)(H,82,104)(H,94,95)(H,96,97)(H,98,99)(H,100,101)(H,102,103)(H,105,106)(H,107,108)(H,109,110)(H2,77,79,111)(H2,78,80,116)(H2,83,84,112). The van der Waals surface area contributed by atoms with Crippen LogP contribution >= 0.6 is 23.8 Å². The van der Waals surface area contributed by atoms with E-state index in [-0.39, 0.29) is 168 Å². The van der Waals surface area contributed by atoms with Gasteiger partial charge in [0.1, 0.15) is 29.9 Å². The molecule has 42 heteroatoms. The summed E-state index contributed by atoms with van der Waals surface area (Å²) in [6.45, 7) is 1.42. The molecule has 1 aromatic heterocycles. The summed E-state index contributed by atoms with van der Waals surface area (Å²) >= 11 is 11.6. The van der Waals surface area contributed by atoms with E-state index in [4.69, 9.17) is 43.1 Å². The topological polar surface area (TPSA) is 563 Å².